The molecule has 2 aromatic carbocycles. The van der Waals surface area contributed by atoms with Crippen molar-refractivity contribution in [3.05, 3.63) is 103 Å². The summed E-state index contributed by atoms with van der Waals surface area (Å²) in [4.78, 5) is 4.41. The lowest BCUT2D eigenvalue weighted by Crippen LogP contribution is -1.98. The highest BCUT2D eigenvalue weighted by Gasteiger charge is 2.11. The van der Waals surface area contributed by atoms with Gasteiger partial charge in [-0.1, -0.05) is 66.7 Å². The molecule has 0 spiro atoms. The van der Waals surface area contributed by atoms with E-state index in [0.29, 0.717) is 0 Å². The Labute approximate surface area is 125 Å². The van der Waals surface area contributed by atoms with Crippen molar-refractivity contribution >= 4 is 0 Å². The highest BCUT2D eigenvalue weighted by Crippen LogP contribution is 2.28. The van der Waals surface area contributed by atoms with E-state index in [1.807, 2.05) is 42.7 Å². The molecule has 1 heteroatoms. The first kappa shape index (κ1) is 13.3. The Morgan fingerprint density at radius 3 is 2.10 bits per heavy atom. The van der Waals surface area contributed by atoms with E-state index in [2.05, 4.69) is 54.0 Å². The van der Waals surface area contributed by atoms with Gasteiger partial charge < -0.3 is 0 Å². The van der Waals surface area contributed by atoms with Crippen LogP contribution < -0.4 is 0 Å². The van der Waals surface area contributed by atoms with Crippen molar-refractivity contribution in [3.8, 4) is 11.1 Å². The van der Waals surface area contributed by atoms with Crippen LogP contribution in [0.2, 0.25) is 0 Å². The quantitative estimate of drug-likeness (QED) is 0.604. The molecule has 3 aromatic rings. The van der Waals surface area contributed by atoms with Gasteiger partial charge in [-0.05, 0) is 22.8 Å². The van der Waals surface area contributed by atoms with Crippen molar-refractivity contribution in [2.45, 2.75) is 5.92 Å². The largest absolute Gasteiger partial charge is 0.264 e. The lowest BCUT2D eigenvalue weighted by Gasteiger charge is -2.14. The number of allylic oxidation sites excluding steroid dienone is 1. The minimum Gasteiger partial charge on any atom is -0.264 e. The van der Waals surface area contributed by atoms with Crippen molar-refractivity contribution in [1.29, 1.82) is 0 Å². The summed E-state index contributed by atoms with van der Waals surface area (Å²) in [6.07, 6.45) is 5.80. The molecule has 0 amide bonds. The molecule has 0 radical (unpaired) electrons. The fraction of sp³-hybridized carbons (Fsp3) is 0.0500. The van der Waals surface area contributed by atoms with E-state index < -0.39 is 0 Å². The molecule has 102 valence electrons. The van der Waals surface area contributed by atoms with E-state index in [1.54, 1.807) is 0 Å². The van der Waals surface area contributed by atoms with Crippen LogP contribution in [0.5, 0.6) is 0 Å². The molecule has 0 saturated heterocycles. The number of rotatable bonds is 4. The van der Waals surface area contributed by atoms with Gasteiger partial charge in [0, 0.05) is 23.9 Å². The van der Waals surface area contributed by atoms with Gasteiger partial charge in [-0.2, -0.15) is 0 Å². The standard InChI is InChI=1S/C20H17N/c1-2-20(17-11-7-4-8-12-17)19-13-18(14-21-15-19)16-9-5-3-6-10-16/h2-15,20H,1H2. The van der Waals surface area contributed by atoms with Crippen LogP contribution in [0.4, 0.5) is 0 Å². The van der Waals surface area contributed by atoms with E-state index in [9.17, 15) is 0 Å². The molecule has 1 atom stereocenters. The summed E-state index contributed by atoms with van der Waals surface area (Å²) < 4.78 is 0. The molecule has 0 bridgehead atoms. The van der Waals surface area contributed by atoms with Crippen molar-refractivity contribution in [2.75, 3.05) is 0 Å². The number of nitrogens with zero attached hydrogens (tertiary/aromatic N) is 1. The topological polar surface area (TPSA) is 12.9 Å². The van der Waals surface area contributed by atoms with Gasteiger partial charge in [-0.3, -0.25) is 4.98 Å². The zero-order valence-corrected chi connectivity index (χ0v) is 11.8. The number of aromatic nitrogens is 1. The van der Waals surface area contributed by atoms with Gasteiger partial charge >= 0.3 is 0 Å². The third kappa shape index (κ3) is 2.92. The van der Waals surface area contributed by atoms with Crippen molar-refractivity contribution in [2.24, 2.45) is 0 Å². The molecule has 0 aliphatic rings. The Morgan fingerprint density at radius 2 is 1.43 bits per heavy atom. The van der Waals surface area contributed by atoms with Crippen molar-refractivity contribution in [3.63, 3.8) is 0 Å². The number of hydrogen-bond acceptors (Lipinski definition) is 1. The first-order chi connectivity index (χ1) is 10.4. The van der Waals surface area contributed by atoms with E-state index in [0.717, 1.165) is 11.1 Å². The third-order valence-corrected chi connectivity index (χ3v) is 3.62. The Bertz CT molecular complexity index is 717. The van der Waals surface area contributed by atoms with Gasteiger partial charge in [0.2, 0.25) is 0 Å². The fourth-order valence-electron chi connectivity index (χ4n) is 2.54. The number of pyridine rings is 1. The average Bonchev–Trinajstić information content (AvgIpc) is 2.58. The summed E-state index contributed by atoms with van der Waals surface area (Å²) in [6, 6.07) is 22.9. The second-order valence-electron chi connectivity index (χ2n) is 5.00. The Balaban J connectivity index is 2.01. The summed E-state index contributed by atoms with van der Waals surface area (Å²) in [6.45, 7) is 3.99. The Morgan fingerprint density at radius 1 is 0.762 bits per heavy atom. The first-order valence-corrected chi connectivity index (χ1v) is 7.06. The average molecular weight is 271 g/mol. The zero-order valence-electron chi connectivity index (χ0n) is 11.8. The van der Waals surface area contributed by atoms with Gasteiger partial charge in [-0.15, -0.1) is 6.58 Å². The molecule has 1 aromatic heterocycles. The van der Waals surface area contributed by atoms with E-state index >= 15 is 0 Å². The first-order valence-electron chi connectivity index (χ1n) is 7.06. The minimum atomic E-state index is 0.169. The van der Waals surface area contributed by atoms with Crippen LogP contribution in [0.25, 0.3) is 11.1 Å². The van der Waals surface area contributed by atoms with E-state index in [-0.39, 0.29) is 5.92 Å². The summed E-state index contributed by atoms with van der Waals surface area (Å²) >= 11 is 0. The Kier molecular flexibility index (Phi) is 3.92. The predicted molar refractivity (Wildman–Crippen MR) is 88.2 cm³/mol. The number of benzene rings is 2. The highest BCUT2D eigenvalue weighted by atomic mass is 14.6. The van der Waals surface area contributed by atoms with Crippen LogP contribution in [-0.2, 0) is 0 Å². The molecule has 3 rings (SSSR count). The maximum atomic E-state index is 4.41. The highest BCUT2D eigenvalue weighted by molar-refractivity contribution is 5.63. The lowest BCUT2D eigenvalue weighted by atomic mass is 9.91. The second kappa shape index (κ2) is 6.19. The number of hydrogen-bond donors (Lipinski definition) is 0. The smallest absolute Gasteiger partial charge is 0.0346 e. The van der Waals surface area contributed by atoms with Gasteiger partial charge in [0.15, 0.2) is 0 Å². The van der Waals surface area contributed by atoms with Crippen molar-refractivity contribution < 1.29 is 0 Å². The predicted octanol–water partition coefficient (Wildman–Crippen LogP) is 5.07. The minimum absolute atomic E-state index is 0.169. The summed E-state index contributed by atoms with van der Waals surface area (Å²) in [5, 5.41) is 0. The van der Waals surface area contributed by atoms with Gasteiger partial charge in [0.05, 0.1) is 0 Å². The maximum absolute atomic E-state index is 4.41. The van der Waals surface area contributed by atoms with E-state index in [1.165, 1.54) is 11.1 Å². The van der Waals surface area contributed by atoms with Gasteiger partial charge in [0.1, 0.15) is 0 Å². The van der Waals surface area contributed by atoms with Gasteiger partial charge in [0.25, 0.3) is 0 Å². The van der Waals surface area contributed by atoms with Crippen LogP contribution in [0.15, 0.2) is 91.8 Å². The van der Waals surface area contributed by atoms with E-state index in [4.69, 9.17) is 0 Å². The molecule has 0 saturated carbocycles. The molecule has 21 heavy (non-hydrogen) atoms. The van der Waals surface area contributed by atoms with Crippen LogP contribution in [-0.4, -0.2) is 4.98 Å². The van der Waals surface area contributed by atoms with Crippen LogP contribution >= 0.6 is 0 Å². The van der Waals surface area contributed by atoms with Crippen molar-refractivity contribution in [1.82, 2.24) is 4.98 Å². The Hall–Kier alpha value is -2.67. The molecule has 1 nitrogen and oxygen atoms in total. The molecule has 0 fully saturated rings. The summed E-state index contributed by atoms with van der Waals surface area (Å²) in [5.74, 6) is 0.169. The SMILES string of the molecule is C=CC(c1ccccc1)c1cncc(-c2ccccc2)c1. The molecule has 1 heterocycles. The summed E-state index contributed by atoms with van der Waals surface area (Å²) in [5.41, 5.74) is 4.72. The second-order valence-corrected chi connectivity index (χ2v) is 5.00. The monoisotopic (exact) mass is 271 g/mol. The van der Waals surface area contributed by atoms with Crippen LogP contribution in [0.1, 0.15) is 17.0 Å². The lowest BCUT2D eigenvalue weighted by molar-refractivity contribution is 1.01. The third-order valence-electron chi connectivity index (χ3n) is 3.62. The normalized spacial score (nSPS) is 11.8. The fourth-order valence-corrected chi connectivity index (χ4v) is 2.54. The zero-order chi connectivity index (χ0) is 14.5. The van der Waals surface area contributed by atoms with Crippen LogP contribution in [0, 0.1) is 0 Å². The molecular weight excluding hydrogens is 254 g/mol. The molecule has 1 unspecified atom stereocenters. The van der Waals surface area contributed by atoms with Gasteiger partial charge in [-0.25, -0.2) is 0 Å². The molecule has 0 aliphatic carbocycles. The van der Waals surface area contributed by atoms with Crippen LogP contribution in [0.3, 0.4) is 0 Å². The molecular formula is C20H17N. The molecule has 0 N–H and O–H groups in total. The summed E-state index contributed by atoms with van der Waals surface area (Å²) in [7, 11) is 0. The maximum Gasteiger partial charge on any atom is 0.0346 e. The molecule has 0 aliphatic heterocycles.